The van der Waals surface area contributed by atoms with Crippen molar-refractivity contribution in [3.63, 3.8) is 0 Å². The molecule has 1 heterocycles. The molecule has 0 radical (unpaired) electrons. The van der Waals surface area contributed by atoms with Crippen LogP contribution in [0.4, 0.5) is 0 Å². The molecular formula is C20H33N3O3. The highest BCUT2D eigenvalue weighted by molar-refractivity contribution is 5.81. The molecule has 3 atom stereocenters. The molecule has 0 bridgehead atoms. The average Bonchev–Trinajstić information content (AvgIpc) is 3.02. The zero-order valence-corrected chi connectivity index (χ0v) is 16.6. The first kappa shape index (κ1) is 20.5. The van der Waals surface area contributed by atoms with Gasteiger partial charge in [-0.25, -0.2) is 0 Å². The Bertz CT molecular complexity index is 606. The fourth-order valence-electron chi connectivity index (χ4n) is 3.50. The topological polar surface area (TPSA) is 76.8 Å². The first-order chi connectivity index (χ1) is 12.3. The van der Waals surface area contributed by atoms with Gasteiger partial charge in [-0.1, -0.05) is 26.8 Å². The van der Waals surface area contributed by atoms with E-state index in [1.54, 1.807) is 0 Å². The lowest BCUT2D eigenvalue weighted by Gasteiger charge is -2.34. The number of rotatable bonds is 9. The first-order valence-corrected chi connectivity index (χ1v) is 9.52. The van der Waals surface area contributed by atoms with E-state index in [2.05, 4.69) is 44.0 Å². The highest BCUT2D eigenvalue weighted by Gasteiger charge is 2.24. The fraction of sp³-hybridized carbons (Fsp3) is 0.650. The normalized spacial score (nSPS) is 16.6. The van der Waals surface area contributed by atoms with Gasteiger partial charge in [-0.3, -0.25) is 9.69 Å². The van der Waals surface area contributed by atoms with Crippen LogP contribution in [0.1, 0.15) is 46.6 Å². The van der Waals surface area contributed by atoms with Crippen molar-refractivity contribution in [2.75, 3.05) is 13.3 Å². The number of carbonyl (C=O) groups excluding carboxylic acids is 1. The lowest BCUT2D eigenvalue weighted by atomic mass is 10.0. The molecule has 0 aromatic heterocycles. The lowest BCUT2D eigenvalue weighted by Crippen LogP contribution is -2.54. The van der Waals surface area contributed by atoms with Crippen molar-refractivity contribution in [3.8, 4) is 11.5 Å². The molecule has 0 aliphatic carbocycles. The van der Waals surface area contributed by atoms with Crippen LogP contribution in [-0.4, -0.2) is 42.4 Å². The zero-order valence-electron chi connectivity index (χ0n) is 16.6. The summed E-state index contributed by atoms with van der Waals surface area (Å²) in [6.07, 6.45) is 1.48. The minimum atomic E-state index is -0.458. The molecule has 1 aliphatic rings. The van der Waals surface area contributed by atoms with Crippen LogP contribution in [0.5, 0.6) is 11.5 Å². The van der Waals surface area contributed by atoms with Gasteiger partial charge in [0.15, 0.2) is 11.5 Å². The van der Waals surface area contributed by atoms with Crippen molar-refractivity contribution >= 4 is 5.91 Å². The van der Waals surface area contributed by atoms with E-state index < -0.39 is 6.04 Å². The highest BCUT2D eigenvalue weighted by Crippen LogP contribution is 2.33. The minimum Gasteiger partial charge on any atom is -0.454 e. The molecule has 0 saturated carbocycles. The predicted octanol–water partition coefficient (Wildman–Crippen LogP) is 2.50. The Balaban J connectivity index is 1.94. The number of carbonyl (C=O) groups is 1. The van der Waals surface area contributed by atoms with E-state index in [-0.39, 0.29) is 24.9 Å². The molecule has 3 N–H and O–H groups in total. The molecule has 1 aromatic carbocycles. The summed E-state index contributed by atoms with van der Waals surface area (Å²) in [4.78, 5) is 14.6. The highest BCUT2D eigenvalue weighted by atomic mass is 16.7. The second-order valence-electron chi connectivity index (χ2n) is 7.49. The smallest absolute Gasteiger partial charge is 0.238 e. The van der Waals surface area contributed by atoms with Crippen molar-refractivity contribution < 1.29 is 14.3 Å². The molecule has 26 heavy (non-hydrogen) atoms. The molecule has 6 nitrogen and oxygen atoms in total. The number of hydrogen-bond donors (Lipinski definition) is 2. The minimum absolute atomic E-state index is 0.0743. The van der Waals surface area contributed by atoms with Crippen LogP contribution >= 0.6 is 0 Å². The Labute approximate surface area is 157 Å². The Morgan fingerprint density at radius 1 is 1.23 bits per heavy atom. The number of benzene rings is 1. The maximum atomic E-state index is 12.3. The van der Waals surface area contributed by atoms with Crippen LogP contribution in [0.3, 0.4) is 0 Å². The summed E-state index contributed by atoms with van der Waals surface area (Å²) in [5, 5.41) is 3.06. The van der Waals surface area contributed by atoms with Crippen molar-refractivity contribution in [1.82, 2.24) is 10.2 Å². The lowest BCUT2D eigenvalue weighted by molar-refractivity contribution is -0.124. The quantitative estimate of drug-likeness (QED) is 0.659. The van der Waals surface area contributed by atoms with Gasteiger partial charge >= 0.3 is 0 Å². The maximum Gasteiger partial charge on any atom is 0.238 e. The molecule has 3 unspecified atom stereocenters. The summed E-state index contributed by atoms with van der Waals surface area (Å²) in [5.41, 5.74) is 7.19. The molecule has 0 saturated heterocycles. The number of nitrogens with zero attached hydrogens (tertiary/aromatic N) is 1. The third-order valence-electron chi connectivity index (χ3n) is 4.81. The molecule has 6 heteroatoms. The predicted molar refractivity (Wildman–Crippen MR) is 103 cm³/mol. The van der Waals surface area contributed by atoms with Crippen LogP contribution in [0.25, 0.3) is 0 Å². The van der Waals surface area contributed by atoms with Gasteiger partial charge in [0.05, 0.1) is 12.2 Å². The third-order valence-corrected chi connectivity index (χ3v) is 4.81. The van der Waals surface area contributed by atoms with Gasteiger partial charge < -0.3 is 20.5 Å². The maximum absolute atomic E-state index is 12.3. The summed E-state index contributed by atoms with van der Waals surface area (Å²) in [6.45, 7) is 11.6. The molecule has 0 fully saturated rings. The van der Waals surface area contributed by atoms with Crippen molar-refractivity contribution in [2.45, 2.75) is 65.7 Å². The fourth-order valence-corrected chi connectivity index (χ4v) is 3.50. The number of nitrogens with one attached hydrogen (secondary N) is 1. The Hall–Kier alpha value is -1.79. The van der Waals surface area contributed by atoms with Gasteiger partial charge in [-0.15, -0.1) is 0 Å². The molecule has 1 aliphatic heterocycles. The van der Waals surface area contributed by atoms with E-state index in [0.29, 0.717) is 12.3 Å². The number of amides is 1. The van der Waals surface area contributed by atoms with Gasteiger partial charge in [0.2, 0.25) is 12.7 Å². The molecule has 0 spiro atoms. The van der Waals surface area contributed by atoms with Crippen LogP contribution in [0, 0.1) is 5.92 Å². The van der Waals surface area contributed by atoms with Crippen molar-refractivity contribution in [1.29, 1.82) is 0 Å². The average molecular weight is 364 g/mol. The van der Waals surface area contributed by atoms with Crippen LogP contribution < -0.4 is 20.5 Å². The zero-order chi connectivity index (χ0) is 19.3. The summed E-state index contributed by atoms with van der Waals surface area (Å²) in [6, 6.07) is 5.86. The SMILES string of the molecule is CCN(C(C)Cc1ccc2c(c1)OCO2)C(C)NC(=O)C(N)CC(C)C. The number of hydrogen-bond acceptors (Lipinski definition) is 5. The second-order valence-corrected chi connectivity index (χ2v) is 7.49. The molecular weight excluding hydrogens is 330 g/mol. The summed E-state index contributed by atoms with van der Waals surface area (Å²) in [7, 11) is 0. The molecule has 146 valence electrons. The van der Waals surface area contributed by atoms with Gasteiger partial charge in [0.25, 0.3) is 0 Å². The van der Waals surface area contributed by atoms with Gasteiger partial charge in [0.1, 0.15) is 0 Å². The van der Waals surface area contributed by atoms with E-state index in [0.717, 1.165) is 24.5 Å². The number of fused-ring (bicyclic) bond motifs is 1. The largest absolute Gasteiger partial charge is 0.454 e. The van der Waals surface area contributed by atoms with E-state index >= 15 is 0 Å². The molecule has 2 rings (SSSR count). The Morgan fingerprint density at radius 3 is 2.58 bits per heavy atom. The summed E-state index contributed by atoms with van der Waals surface area (Å²) < 4.78 is 10.8. The molecule has 1 amide bonds. The Morgan fingerprint density at radius 2 is 1.92 bits per heavy atom. The van der Waals surface area contributed by atoms with Crippen LogP contribution in [0.15, 0.2) is 18.2 Å². The van der Waals surface area contributed by atoms with Crippen molar-refractivity contribution in [3.05, 3.63) is 23.8 Å². The van der Waals surface area contributed by atoms with E-state index in [1.807, 2.05) is 19.1 Å². The second kappa shape index (κ2) is 9.24. The number of nitrogens with two attached hydrogens (primary N) is 1. The third kappa shape index (κ3) is 5.35. The number of ether oxygens (including phenoxy) is 2. The van der Waals surface area contributed by atoms with E-state index in [9.17, 15) is 4.79 Å². The standard InChI is InChI=1S/C20H33N3O3/c1-6-23(15(5)22-20(24)17(21)9-13(2)3)14(4)10-16-7-8-18-19(11-16)26-12-25-18/h7-8,11,13-15,17H,6,9-10,12,21H2,1-5H3,(H,22,24). The van der Waals surface area contributed by atoms with E-state index in [4.69, 9.17) is 15.2 Å². The van der Waals surface area contributed by atoms with Crippen molar-refractivity contribution in [2.24, 2.45) is 11.7 Å². The Kier molecular flexibility index (Phi) is 7.29. The molecule has 1 aromatic rings. The first-order valence-electron chi connectivity index (χ1n) is 9.52. The van der Waals surface area contributed by atoms with Gasteiger partial charge in [-0.2, -0.15) is 0 Å². The van der Waals surface area contributed by atoms with E-state index in [1.165, 1.54) is 5.56 Å². The summed E-state index contributed by atoms with van der Waals surface area (Å²) in [5.74, 6) is 1.92. The van der Waals surface area contributed by atoms with Gasteiger partial charge in [-0.05, 0) is 56.8 Å². The van der Waals surface area contributed by atoms with Gasteiger partial charge in [0, 0.05) is 6.04 Å². The summed E-state index contributed by atoms with van der Waals surface area (Å²) >= 11 is 0. The van der Waals surface area contributed by atoms with Crippen LogP contribution in [0.2, 0.25) is 0 Å². The van der Waals surface area contributed by atoms with Crippen LogP contribution in [-0.2, 0) is 11.2 Å². The monoisotopic (exact) mass is 363 g/mol. The number of likely N-dealkylation sites (N-methyl/N-ethyl adjacent to an activating group) is 1.